The third-order valence-electron chi connectivity index (χ3n) is 2.37. The van der Waals surface area contributed by atoms with Crippen LogP contribution in [0.3, 0.4) is 0 Å². The van der Waals surface area contributed by atoms with E-state index in [1.807, 2.05) is 6.07 Å². The minimum atomic E-state index is -0.581. The fourth-order valence-electron chi connectivity index (χ4n) is 1.52. The van der Waals surface area contributed by atoms with Crippen LogP contribution in [0.15, 0.2) is 30.9 Å². The lowest BCUT2D eigenvalue weighted by Crippen LogP contribution is -2.01. The molecular weight excluding hydrogens is 220 g/mol. The predicted molar refractivity (Wildman–Crippen MR) is 62.8 cm³/mol. The van der Waals surface area contributed by atoms with E-state index in [1.54, 1.807) is 6.08 Å². The summed E-state index contributed by atoms with van der Waals surface area (Å²) in [6, 6.07) is 6.41. The van der Waals surface area contributed by atoms with E-state index < -0.39 is 10.8 Å². The third kappa shape index (κ3) is 2.82. The fraction of sp³-hybridized carbons (Fsp3) is 0.250. The molecule has 5 nitrogen and oxygen atoms in total. The van der Waals surface area contributed by atoms with Gasteiger partial charge in [0.25, 0.3) is 5.69 Å². The zero-order valence-corrected chi connectivity index (χ0v) is 9.42. The molecule has 0 radical (unpaired) electrons. The maximum absolute atomic E-state index is 10.9. The van der Waals surface area contributed by atoms with Crippen molar-refractivity contribution < 1.29 is 9.66 Å². The highest BCUT2D eigenvalue weighted by atomic mass is 16.6. The van der Waals surface area contributed by atoms with Gasteiger partial charge in [0.05, 0.1) is 29.6 Å². The summed E-state index contributed by atoms with van der Waals surface area (Å²) in [4.78, 5) is 10.4. The first kappa shape index (κ1) is 12.7. The molecule has 1 atom stereocenters. The second-order valence-electron chi connectivity index (χ2n) is 3.39. The Balaban J connectivity index is 3.30. The van der Waals surface area contributed by atoms with Crippen molar-refractivity contribution in [3.05, 3.63) is 46.5 Å². The summed E-state index contributed by atoms with van der Waals surface area (Å²) in [5.41, 5.74) is 0.288. The molecule has 1 unspecified atom stereocenters. The minimum absolute atomic E-state index is 0.0702. The number of hydrogen-bond donors (Lipinski definition) is 0. The second kappa shape index (κ2) is 5.66. The Kier molecular flexibility index (Phi) is 4.23. The molecule has 0 aliphatic carbocycles. The molecule has 5 heteroatoms. The summed E-state index contributed by atoms with van der Waals surface area (Å²) in [7, 11) is 1.47. The van der Waals surface area contributed by atoms with E-state index in [4.69, 9.17) is 10.00 Å². The lowest BCUT2D eigenvalue weighted by molar-refractivity contribution is -0.385. The highest BCUT2D eigenvalue weighted by molar-refractivity contribution is 5.49. The number of hydrogen-bond acceptors (Lipinski definition) is 4. The first-order valence-corrected chi connectivity index (χ1v) is 4.96. The van der Waals surface area contributed by atoms with Gasteiger partial charge in [-0.15, -0.1) is 6.58 Å². The molecule has 0 N–H and O–H groups in total. The Hall–Kier alpha value is -2.35. The van der Waals surface area contributed by atoms with E-state index in [0.29, 0.717) is 17.7 Å². The highest BCUT2D eigenvalue weighted by Gasteiger charge is 2.21. The molecule has 1 rings (SSSR count). The van der Waals surface area contributed by atoms with E-state index in [9.17, 15) is 10.1 Å². The van der Waals surface area contributed by atoms with Crippen LogP contribution in [0, 0.1) is 21.4 Å². The van der Waals surface area contributed by atoms with Gasteiger partial charge < -0.3 is 4.74 Å². The fourth-order valence-corrected chi connectivity index (χ4v) is 1.52. The van der Waals surface area contributed by atoms with Crippen LogP contribution in [0.1, 0.15) is 17.9 Å². The van der Waals surface area contributed by atoms with Gasteiger partial charge in [-0.2, -0.15) is 5.26 Å². The summed E-state index contributed by atoms with van der Waals surface area (Å²) >= 11 is 0. The molecule has 0 aliphatic heterocycles. The molecule has 1 aromatic rings. The minimum Gasteiger partial charge on any atom is -0.497 e. The SMILES string of the molecule is C=CCC(C#N)c1cc(OC)ccc1[N+](=O)[O-]. The number of methoxy groups -OCH3 is 1. The van der Waals surface area contributed by atoms with Crippen molar-refractivity contribution in [2.75, 3.05) is 7.11 Å². The molecule has 0 amide bonds. The van der Waals surface area contributed by atoms with Crippen molar-refractivity contribution in [3.63, 3.8) is 0 Å². The lowest BCUT2D eigenvalue weighted by atomic mass is 9.95. The number of allylic oxidation sites excluding steroid dienone is 1. The standard InChI is InChI=1S/C12H12N2O3/c1-3-4-9(8-13)11-7-10(17-2)5-6-12(11)14(15)16/h3,5-7,9H,1,4H2,2H3. The number of benzene rings is 1. The monoisotopic (exact) mass is 232 g/mol. The zero-order chi connectivity index (χ0) is 12.8. The van der Waals surface area contributed by atoms with Crippen LogP contribution in [-0.2, 0) is 0 Å². The van der Waals surface area contributed by atoms with E-state index in [1.165, 1.54) is 25.3 Å². The molecule has 0 saturated heterocycles. The quantitative estimate of drug-likeness (QED) is 0.444. The van der Waals surface area contributed by atoms with Crippen molar-refractivity contribution in [2.24, 2.45) is 0 Å². The first-order chi connectivity index (χ1) is 8.13. The number of rotatable bonds is 5. The summed E-state index contributed by atoms with van der Waals surface area (Å²) in [6.45, 7) is 3.54. The Bertz CT molecular complexity index is 477. The van der Waals surface area contributed by atoms with Gasteiger partial charge in [-0.05, 0) is 18.6 Å². The topological polar surface area (TPSA) is 76.2 Å². The highest BCUT2D eigenvalue weighted by Crippen LogP contribution is 2.32. The number of nitro benzene ring substituents is 1. The molecule has 88 valence electrons. The maximum Gasteiger partial charge on any atom is 0.274 e. The average Bonchev–Trinajstić information content (AvgIpc) is 2.35. The Labute approximate surface area is 99.1 Å². The maximum atomic E-state index is 10.9. The second-order valence-corrected chi connectivity index (χ2v) is 3.39. The van der Waals surface area contributed by atoms with E-state index in [0.717, 1.165) is 0 Å². The van der Waals surface area contributed by atoms with E-state index >= 15 is 0 Å². The van der Waals surface area contributed by atoms with Crippen molar-refractivity contribution in [3.8, 4) is 11.8 Å². The molecule has 0 fully saturated rings. The molecule has 0 spiro atoms. The van der Waals surface area contributed by atoms with Gasteiger partial charge in [0.1, 0.15) is 5.75 Å². The van der Waals surface area contributed by atoms with Crippen LogP contribution in [0.4, 0.5) is 5.69 Å². The zero-order valence-electron chi connectivity index (χ0n) is 9.42. The van der Waals surface area contributed by atoms with Crippen LogP contribution < -0.4 is 4.74 Å². The number of ether oxygens (including phenoxy) is 1. The van der Waals surface area contributed by atoms with Gasteiger partial charge in [0.15, 0.2) is 0 Å². The molecule has 0 bridgehead atoms. The van der Waals surface area contributed by atoms with Crippen LogP contribution in [0.2, 0.25) is 0 Å². The van der Waals surface area contributed by atoms with Gasteiger partial charge >= 0.3 is 0 Å². The van der Waals surface area contributed by atoms with Crippen LogP contribution in [0.5, 0.6) is 5.75 Å². The first-order valence-electron chi connectivity index (χ1n) is 4.96. The van der Waals surface area contributed by atoms with Gasteiger partial charge in [0.2, 0.25) is 0 Å². The van der Waals surface area contributed by atoms with E-state index in [2.05, 4.69) is 6.58 Å². The van der Waals surface area contributed by atoms with Gasteiger partial charge in [-0.1, -0.05) is 6.08 Å². The number of nitriles is 1. The largest absolute Gasteiger partial charge is 0.497 e. The molecule has 1 aromatic carbocycles. The number of nitrogens with zero attached hydrogens (tertiary/aromatic N) is 2. The summed E-state index contributed by atoms with van der Waals surface area (Å²) in [5.74, 6) is -0.0853. The van der Waals surface area contributed by atoms with Crippen LogP contribution >= 0.6 is 0 Å². The Morgan fingerprint density at radius 3 is 2.88 bits per heavy atom. The molecular formula is C12H12N2O3. The molecule has 0 heterocycles. The van der Waals surface area contributed by atoms with Crippen molar-refractivity contribution >= 4 is 5.69 Å². The van der Waals surface area contributed by atoms with Crippen molar-refractivity contribution in [2.45, 2.75) is 12.3 Å². The summed E-state index contributed by atoms with van der Waals surface area (Å²) in [6.07, 6.45) is 1.93. The van der Waals surface area contributed by atoms with Crippen molar-refractivity contribution in [1.29, 1.82) is 5.26 Å². The third-order valence-corrected chi connectivity index (χ3v) is 2.37. The van der Waals surface area contributed by atoms with Crippen LogP contribution in [0.25, 0.3) is 0 Å². The van der Waals surface area contributed by atoms with Gasteiger partial charge in [-0.25, -0.2) is 0 Å². The van der Waals surface area contributed by atoms with Crippen molar-refractivity contribution in [1.82, 2.24) is 0 Å². The van der Waals surface area contributed by atoms with Crippen LogP contribution in [-0.4, -0.2) is 12.0 Å². The molecule has 0 aromatic heterocycles. The summed E-state index contributed by atoms with van der Waals surface area (Å²) in [5, 5.41) is 19.9. The molecule has 17 heavy (non-hydrogen) atoms. The normalized spacial score (nSPS) is 11.3. The molecule has 0 aliphatic rings. The van der Waals surface area contributed by atoms with Gasteiger partial charge in [0, 0.05) is 6.07 Å². The molecule has 0 saturated carbocycles. The average molecular weight is 232 g/mol. The van der Waals surface area contributed by atoms with E-state index in [-0.39, 0.29) is 5.69 Å². The number of nitro groups is 1. The Morgan fingerprint density at radius 1 is 1.71 bits per heavy atom. The smallest absolute Gasteiger partial charge is 0.274 e. The predicted octanol–water partition coefficient (Wildman–Crippen LogP) is 2.79. The Morgan fingerprint density at radius 2 is 2.41 bits per heavy atom. The summed E-state index contributed by atoms with van der Waals surface area (Å²) < 4.78 is 5.00. The lowest BCUT2D eigenvalue weighted by Gasteiger charge is -2.09. The van der Waals surface area contributed by atoms with Gasteiger partial charge in [-0.3, -0.25) is 10.1 Å².